The van der Waals surface area contributed by atoms with Gasteiger partial charge in [-0.2, -0.15) is 0 Å². The number of hydrogen-bond donors (Lipinski definition) is 0. The second-order valence-electron chi connectivity index (χ2n) is 7.05. The summed E-state index contributed by atoms with van der Waals surface area (Å²) in [7, 11) is 1.35. The van der Waals surface area contributed by atoms with E-state index in [-0.39, 0.29) is 24.6 Å². The summed E-state index contributed by atoms with van der Waals surface area (Å²) in [5.74, 6) is -0.153. The highest BCUT2D eigenvalue weighted by Gasteiger charge is 2.22. The fourth-order valence-corrected chi connectivity index (χ4v) is 2.75. The van der Waals surface area contributed by atoms with Gasteiger partial charge in [-0.25, -0.2) is 0 Å². The smallest absolute Gasteiger partial charge is 0.310 e. The zero-order valence-corrected chi connectivity index (χ0v) is 17.4. The van der Waals surface area contributed by atoms with Gasteiger partial charge in [0.25, 0.3) is 5.91 Å². The van der Waals surface area contributed by atoms with Crippen molar-refractivity contribution < 1.29 is 23.8 Å². The molecule has 27 heavy (non-hydrogen) atoms. The third-order valence-corrected chi connectivity index (χ3v) is 4.22. The van der Waals surface area contributed by atoms with Crippen molar-refractivity contribution in [2.45, 2.75) is 47.1 Å². The Bertz CT molecular complexity index is 594. The van der Waals surface area contributed by atoms with Gasteiger partial charge in [0.15, 0.2) is 6.61 Å². The number of amides is 1. The Labute approximate surface area is 162 Å². The summed E-state index contributed by atoms with van der Waals surface area (Å²) in [4.78, 5) is 26.1. The van der Waals surface area contributed by atoms with Gasteiger partial charge in [0.05, 0.1) is 19.1 Å². The number of methoxy groups -OCH3 is 1. The second-order valence-corrected chi connectivity index (χ2v) is 7.05. The molecule has 0 radical (unpaired) electrons. The minimum atomic E-state index is -0.398. The average molecular weight is 379 g/mol. The molecule has 1 atom stereocenters. The van der Waals surface area contributed by atoms with Gasteiger partial charge >= 0.3 is 5.97 Å². The molecule has 1 aromatic rings. The van der Waals surface area contributed by atoms with Gasteiger partial charge < -0.3 is 19.1 Å². The molecule has 0 aliphatic rings. The zero-order valence-electron chi connectivity index (χ0n) is 17.4. The standard InChI is InChI=1S/C21H33NO5/c1-15(2)26-12-8-11-22(13-18(5)21(24)25-6)19(23)14-27-20-16(3)9-7-10-17(20)4/h7,9-10,15,18H,8,11-14H2,1-6H3. The Morgan fingerprint density at radius 2 is 1.74 bits per heavy atom. The highest BCUT2D eigenvalue weighted by molar-refractivity contribution is 5.79. The summed E-state index contributed by atoms with van der Waals surface area (Å²) >= 11 is 0. The van der Waals surface area contributed by atoms with Crippen LogP contribution in [0.15, 0.2) is 18.2 Å². The van der Waals surface area contributed by atoms with Crippen LogP contribution in [0.3, 0.4) is 0 Å². The van der Waals surface area contributed by atoms with Crippen LogP contribution in [0.25, 0.3) is 0 Å². The number of ether oxygens (including phenoxy) is 3. The molecule has 0 bridgehead atoms. The van der Waals surface area contributed by atoms with E-state index in [2.05, 4.69) is 0 Å². The monoisotopic (exact) mass is 379 g/mol. The summed E-state index contributed by atoms with van der Waals surface area (Å²) in [5, 5.41) is 0. The van der Waals surface area contributed by atoms with Gasteiger partial charge in [-0.1, -0.05) is 25.1 Å². The summed E-state index contributed by atoms with van der Waals surface area (Å²) in [6.07, 6.45) is 0.844. The number of carbonyl (C=O) groups is 2. The van der Waals surface area contributed by atoms with Crippen LogP contribution in [0, 0.1) is 19.8 Å². The van der Waals surface area contributed by atoms with Gasteiger partial charge in [-0.05, 0) is 45.2 Å². The molecule has 0 aliphatic carbocycles. The minimum absolute atomic E-state index is 0.0649. The first-order valence-corrected chi connectivity index (χ1v) is 9.42. The highest BCUT2D eigenvalue weighted by atomic mass is 16.5. The molecule has 1 rings (SSSR count). The van der Waals surface area contributed by atoms with E-state index in [9.17, 15) is 9.59 Å². The van der Waals surface area contributed by atoms with E-state index < -0.39 is 5.92 Å². The van der Waals surface area contributed by atoms with Crippen molar-refractivity contribution >= 4 is 11.9 Å². The number of benzene rings is 1. The lowest BCUT2D eigenvalue weighted by Crippen LogP contribution is -2.41. The first-order valence-electron chi connectivity index (χ1n) is 9.42. The van der Waals surface area contributed by atoms with Crippen molar-refractivity contribution in [3.8, 4) is 5.75 Å². The van der Waals surface area contributed by atoms with Crippen LogP contribution in [0.5, 0.6) is 5.75 Å². The van der Waals surface area contributed by atoms with Crippen LogP contribution in [-0.2, 0) is 19.1 Å². The summed E-state index contributed by atoms with van der Waals surface area (Å²) in [5.41, 5.74) is 1.98. The Balaban J connectivity index is 2.71. The molecule has 6 nitrogen and oxygen atoms in total. The molecule has 0 aromatic heterocycles. The van der Waals surface area contributed by atoms with E-state index in [1.807, 2.05) is 45.9 Å². The van der Waals surface area contributed by atoms with Crippen molar-refractivity contribution in [1.29, 1.82) is 0 Å². The molecule has 1 amide bonds. The molecular formula is C21H33NO5. The number of aryl methyl sites for hydroxylation is 2. The molecule has 0 aliphatic heterocycles. The first kappa shape index (κ1) is 23.0. The molecule has 152 valence electrons. The lowest BCUT2D eigenvalue weighted by atomic mass is 10.1. The van der Waals surface area contributed by atoms with Gasteiger partial charge in [0.1, 0.15) is 5.75 Å². The third kappa shape index (κ3) is 7.99. The van der Waals surface area contributed by atoms with E-state index in [0.29, 0.717) is 26.1 Å². The maximum Gasteiger partial charge on any atom is 0.310 e. The lowest BCUT2D eigenvalue weighted by Gasteiger charge is -2.25. The van der Waals surface area contributed by atoms with Crippen LogP contribution >= 0.6 is 0 Å². The van der Waals surface area contributed by atoms with Crippen molar-refractivity contribution in [2.75, 3.05) is 33.4 Å². The average Bonchev–Trinajstić information content (AvgIpc) is 2.62. The number of para-hydroxylation sites is 1. The quantitative estimate of drug-likeness (QED) is 0.437. The normalized spacial score (nSPS) is 12.0. The molecule has 0 spiro atoms. The molecule has 0 saturated carbocycles. The van der Waals surface area contributed by atoms with Gasteiger partial charge in [-0.15, -0.1) is 0 Å². The van der Waals surface area contributed by atoms with Crippen LogP contribution < -0.4 is 4.74 Å². The summed E-state index contributed by atoms with van der Waals surface area (Å²) in [6.45, 7) is 10.9. The molecular weight excluding hydrogens is 346 g/mol. The van der Waals surface area contributed by atoms with Crippen LogP contribution in [0.4, 0.5) is 0 Å². The minimum Gasteiger partial charge on any atom is -0.483 e. The van der Waals surface area contributed by atoms with E-state index in [0.717, 1.165) is 16.9 Å². The SMILES string of the molecule is COC(=O)C(C)CN(CCCOC(C)C)C(=O)COc1c(C)cccc1C. The molecule has 0 N–H and O–H groups in total. The zero-order chi connectivity index (χ0) is 20.4. The molecule has 0 heterocycles. The van der Waals surface area contributed by atoms with E-state index >= 15 is 0 Å². The maximum absolute atomic E-state index is 12.7. The van der Waals surface area contributed by atoms with E-state index in [4.69, 9.17) is 14.2 Å². The summed E-state index contributed by atoms with van der Waals surface area (Å²) in [6, 6.07) is 5.86. The third-order valence-electron chi connectivity index (χ3n) is 4.22. The fourth-order valence-electron chi connectivity index (χ4n) is 2.75. The Morgan fingerprint density at radius 1 is 1.11 bits per heavy atom. The van der Waals surface area contributed by atoms with Gasteiger partial charge in [0, 0.05) is 19.7 Å². The molecule has 1 aromatic carbocycles. The van der Waals surface area contributed by atoms with Crippen LogP contribution in [-0.4, -0.2) is 56.3 Å². The Kier molecular flexibility index (Phi) is 9.86. The predicted molar refractivity (Wildman–Crippen MR) is 105 cm³/mol. The van der Waals surface area contributed by atoms with Crippen molar-refractivity contribution in [2.24, 2.45) is 5.92 Å². The van der Waals surface area contributed by atoms with E-state index in [1.165, 1.54) is 7.11 Å². The van der Waals surface area contributed by atoms with Crippen molar-refractivity contribution in [1.82, 2.24) is 4.90 Å². The largest absolute Gasteiger partial charge is 0.483 e. The number of rotatable bonds is 11. The Hall–Kier alpha value is -2.08. The number of hydrogen-bond acceptors (Lipinski definition) is 5. The van der Waals surface area contributed by atoms with Crippen molar-refractivity contribution in [3.63, 3.8) is 0 Å². The Morgan fingerprint density at radius 3 is 2.30 bits per heavy atom. The van der Waals surface area contributed by atoms with Crippen molar-refractivity contribution in [3.05, 3.63) is 29.3 Å². The molecule has 6 heteroatoms. The highest BCUT2D eigenvalue weighted by Crippen LogP contribution is 2.22. The number of nitrogens with zero attached hydrogens (tertiary/aromatic N) is 1. The summed E-state index contributed by atoms with van der Waals surface area (Å²) < 4.78 is 16.1. The number of esters is 1. The number of carbonyl (C=O) groups excluding carboxylic acids is 2. The van der Waals surface area contributed by atoms with Gasteiger partial charge in [-0.3, -0.25) is 9.59 Å². The molecule has 0 fully saturated rings. The van der Waals surface area contributed by atoms with Crippen LogP contribution in [0.2, 0.25) is 0 Å². The second kappa shape index (κ2) is 11.6. The first-order chi connectivity index (χ1) is 12.8. The predicted octanol–water partition coefficient (Wildman–Crippen LogP) is 3.14. The fraction of sp³-hybridized carbons (Fsp3) is 0.619. The topological polar surface area (TPSA) is 65.1 Å². The molecule has 1 unspecified atom stereocenters. The van der Waals surface area contributed by atoms with Gasteiger partial charge in [0.2, 0.25) is 0 Å². The maximum atomic E-state index is 12.7. The van der Waals surface area contributed by atoms with Crippen LogP contribution in [0.1, 0.15) is 38.3 Å². The lowest BCUT2D eigenvalue weighted by molar-refractivity contribution is -0.146. The van der Waals surface area contributed by atoms with E-state index in [1.54, 1.807) is 11.8 Å². The molecule has 0 saturated heterocycles.